The number of hydrogen-bond acceptors (Lipinski definition) is 3. The first-order valence-electron chi connectivity index (χ1n) is 3.68. The van der Waals surface area contributed by atoms with Crippen LogP contribution in [-0.2, 0) is 0 Å². The molecule has 76 valence electrons. The molecule has 0 heterocycles. The van der Waals surface area contributed by atoms with Gasteiger partial charge in [-0.05, 0) is 0 Å². The van der Waals surface area contributed by atoms with Gasteiger partial charge in [-0.2, -0.15) is 0 Å². The lowest BCUT2D eigenvalue weighted by Gasteiger charge is -2.24. The second kappa shape index (κ2) is 5.16. The minimum Gasteiger partial charge on any atom is -1.00 e. The lowest BCUT2D eigenvalue weighted by Crippen LogP contribution is -3.00. The zero-order chi connectivity index (χ0) is 9.12. The summed E-state index contributed by atoms with van der Waals surface area (Å²) in [4.78, 5) is 26.0. The molecule has 0 aromatic rings. The van der Waals surface area contributed by atoms with Crippen LogP contribution in [-0.4, -0.2) is 55.4 Å². The highest BCUT2D eigenvalue weighted by atomic mass is 35.5. The molecular formula is C6H18ClNO3Si. The van der Waals surface area contributed by atoms with Gasteiger partial charge in [-0.25, -0.2) is 0 Å². The van der Waals surface area contributed by atoms with Crippen molar-refractivity contribution < 1.29 is 31.3 Å². The van der Waals surface area contributed by atoms with Gasteiger partial charge in [0.15, 0.2) is 0 Å². The topological polar surface area (TPSA) is 60.7 Å². The molecule has 0 bridgehead atoms. The fraction of sp³-hybridized carbons (Fsp3) is 1.00. The van der Waals surface area contributed by atoms with E-state index in [0.29, 0.717) is 6.42 Å². The molecule has 0 rings (SSSR count). The highest BCUT2D eigenvalue weighted by Gasteiger charge is 2.26. The molecule has 0 aliphatic rings. The van der Waals surface area contributed by atoms with Crippen molar-refractivity contribution in [2.45, 2.75) is 12.5 Å². The number of hydrogen-bond donors (Lipinski definition) is 3. The Hall–Kier alpha value is 0.347. The van der Waals surface area contributed by atoms with Crippen molar-refractivity contribution in [1.82, 2.24) is 0 Å². The molecule has 0 aliphatic carbocycles. The molecule has 0 saturated heterocycles. The first kappa shape index (κ1) is 14.8. The van der Waals surface area contributed by atoms with Gasteiger partial charge in [0.25, 0.3) is 0 Å². The zero-order valence-corrected chi connectivity index (χ0v) is 9.54. The van der Waals surface area contributed by atoms with Crippen LogP contribution in [0.2, 0.25) is 6.04 Å². The molecule has 12 heavy (non-hydrogen) atoms. The fourth-order valence-electron chi connectivity index (χ4n) is 0.791. The van der Waals surface area contributed by atoms with Crippen LogP contribution in [0.5, 0.6) is 0 Å². The van der Waals surface area contributed by atoms with Gasteiger partial charge in [0.2, 0.25) is 0 Å². The van der Waals surface area contributed by atoms with Gasteiger partial charge < -0.3 is 31.3 Å². The SMILES string of the molecule is C[N+](C)(C)CCC[Si](O)(O)O.[Cl-]. The van der Waals surface area contributed by atoms with E-state index in [1.165, 1.54) is 0 Å². The molecule has 0 fully saturated rings. The molecule has 0 unspecified atom stereocenters. The molecule has 3 N–H and O–H groups in total. The molecule has 0 aliphatic heterocycles. The van der Waals surface area contributed by atoms with Gasteiger partial charge in [-0.1, -0.05) is 0 Å². The Morgan fingerprint density at radius 2 is 1.50 bits per heavy atom. The normalized spacial score (nSPS) is 12.5. The summed E-state index contributed by atoms with van der Waals surface area (Å²) in [5.41, 5.74) is 0. The fourth-order valence-corrected chi connectivity index (χ4v) is 1.42. The summed E-state index contributed by atoms with van der Waals surface area (Å²) < 4.78 is 0.782. The third kappa shape index (κ3) is 13.0. The van der Waals surface area contributed by atoms with Gasteiger partial charge in [0, 0.05) is 12.5 Å². The average Bonchev–Trinajstić information content (AvgIpc) is 1.55. The van der Waals surface area contributed by atoms with Crippen LogP contribution >= 0.6 is 0 Å². The van der Waals surface area contributed by atoms with E-state index in [1.54, 1.807) is 0 Å². The van der Waals surface area contributed by atoms with Crippen LogP contribution in [0.4, 0.5) is 0 Å². The number of nitrogens with zero attached hydrogens (tertiary/aromatic N) is 1. The van der Waals surface area contributed by atoms with Crippen LogP contribution in [0, 0.1) is 0 Å². The molecule has 0 amide bonds. The third-order valence-electron chi connectivity index (χ3n) is 1.34. The van der Waals surface area contributed by atoms with E-state index in [2.05, 4.69) is 0 Å². The Morgan fingerprint density at radius 1 is 1.08 bits per heavy atom. The van der Waals surface area contributed by atoms with Crippen molar-refractivity contribution in [3.63, 3.8) is 0 Å². The smallest absolute Gasteiger partial charge is 0.492 e. The third-order valence-corrected chi connectivity index (χ3v) is 2.37. The summed E-state index contributed by atoms with van der Waals surface area (Å²) in [6.07, 6.45) is 0.652. The summed E-state index contributed by atoms with van der Waals surface area (Å²) in [5, 5.41) is 0. The zero-order valence-electron chi connectivity index (χ0n) is 7.79. The van der Waals surface area contributed by atoms with Crippen molar-refractivity contribution >= 4 is 8.80 Å². The van der Waals surface area contributed by atoms with Crippen molar-refractivity contribution in [1.29, 1.82) is 0 Å². The molecule has 0 atom stereocenters. The Kier molecular flexibility index (Phi) is 6.38. The first-order chi connectivity index (χ1) is 4.71. The summed E-state index contributed by atoms with van der Waals surface area (Å²) >= 11 is 0. The Bertz CT molecular complexity index is 107. The summed E-state index contributed by atoms with van der Waals surface area (Å²) in [6, 6.07) is 0.141. The highest BCUT2D eigenvalue weighted by Crippen LogP contribution is 2.04. The van der Waals surface area contributed by atoms with Crippen LogP contribution in [0.15, 0.2) is 0 Å². The Balaban J connectivity index is 0. The van der Waals surface area contributed by atoms with E-state index < -0.39 is 8.80 Å². The largest absolute Gasteiger partial charge is 1.00 e. The maximum atomic E-state index is 8.66. The van der Waals surface area contributed by atoms with Gasteiger partial charge in [-0.15, -0.1) is 0 Å². The Labute approximate surface area is 80.8 Å². The van der Waals surface area contributed by atoms with E-state index in [4.69, 9.17) is 14.4 Å². The number of rotatable bonds is 4. The molecule has 6 heteroatoms. The van der Waals surface area contributed by atoms with E-state index in [-0.39, 0.29) is 18.5 Å². The Morgan fingerprint density at radius 3 is 1.75 bits per heavy atom. The van der Waals surface area contributed by atoms with Crippen LogP contribution in [0.1, 0.15) is 6.42 Å². The maximum Gasteiger partial charge on any atom is 0.492 e. The predicted octanol–water partition coefficient (Wildman–Crippen LogP) is -4.00. The first-order valence-corrected chi connectivity index (χ1v) is 5.73. The second-order valence-electron chi connectivity index (χ2n) is 3.89. The van der Waals surface area contributed by atoms with Gasteiger partial charge >= 0.3 is 8.80 Å². The summed E-state index contributed by atoms with van der Waals surface area (Å²) in [5.74, 6) is 0. The van der Waals surface area contributed by atoms with Gasteiger partial charge in [0.1, 0.15) is 0 Å². The van der Waals surface area contributed by atoms with E-state index >= 15 is 0 Å². The molecule has 0 aromatic heterocycles. The van der Waals surface area contributed by atoms with Crippen molar-refractivity contribution in [2.75, 3.05) is 27.7 Å². The van der Waals surface area contributed by atoms with Crippen LogP contribution in [0.3, 0.4) is 0 Å². The monoisotopic (exact) mass is 215 g/mol. The number of quaternary nitrogens is 1. The van der Waals surface area contributed by atoms with Crippen molar-refractivity contribution in [3.05, 3.63) is 0 Å². The molecule has 0 aromatic carbocycles. The van der Waals surface area contributed by atoms with Gasteiger partial charge in [-0.3, -0.25) is 0 Å². The molecular weight excluding hydrogens is 198 g/mol. The summed E-state index contributed by atoms with van der Waals surface area (Å²) in [7, 11) is 2.30. The minimum atomic E-state index is -3.77. The van der Waals surface area contributed by atoms with Crippen molar-refractivity contribution in [3.8, 4) is 0 Å². The van der Waals surface area contributed by atoms with E-state index in [9.17, 15) is 0 Å². The maximum absolute atomic E-state index is 8.66. The van der Waals surface area contributed by atoms with E-state index in [0.717, 1.165) is 11.0 Å². The summed E-state index contributed by atoms with van der Waals surface area (Å²) in [6.45, 7) is 0.844. The number of halogens is 1. The van der Waals surface area contributed by atoms with Crippen molar-refractivity contribution in [2.24, 2.45) is 0 Å². The second-order valence-corrected chi connectivity index (χ2v) is 5.94. The standard InChI is InChI=1S/C6H18NO3Si.ClH/c1-7(2,3)5-4-6-11(8,9)10;/h8-10H,4-6H2,1-3H3;1H/q+1;/p-1. The van der Waals surface area contributed by atoms with Gasteiger partial charge in [0.05, 0.1) is 27.7 Å². The quantitative estimate of drug-likeness (QED) is 0.331. The van der Waals surface area contributed by atoms with Crippen LogP contribution < -0.4 is 12.4 Å². The molecule has 0 radical (unpaired) electrons. The van der Waals surface area contributed by atoms with Crippen LogP contribution in [0.25, 0.3) is 0 Å². The molecule has 4 nitrogen and oxygen atoms in total. The highest BCUT2D eigenvalue weighted by molar-refractivity contribution is 6.56. The predicted molar refractivity (Wildman–Crippen MR) is 44.7 cm³/mol. The van der Waals surface area contributed by atoms with E-state index in [1.807, 2.05) is 21.1 Å². The molecule has 0 saturated carbocycles. The molecule has 0 spiro atoms. The average molecular weight is 216 g/mol. The minimum absolute atomic E-state index is 0. The lowest BCUT2D eigenvalue weighted by atomic mass is 10.4. The lowest BCUT2D eigenvalue weighted by molar-refractivity contribution is -0.870.